The third-order valence-electron chi connectivity index (χ3n) is 8.65. The fraction of sp³-hybridized carbons (Fsp3) is 0.333. The number of allylic oxidation sites excluding steroid dienone is 8. The van der Waals surface area contributed by atoms with Gasteiger partial charge in [0.15, 0.2) is 5.70 Å². The summed E-state index contributed by atoms with van der Waals surface area (Å²) < 4.78 is 6.31. The molecule has 0 saturated heterocycles. The Balaban J connectivity index is 1.08. The Labute approximate surface area is 280 Å². The average Bonchev–Trinajstić information content (AvgIpc) is 3.49. The lowest BCUT2D eigenvalue weighted by Crippen LogP contribution is -2.48. The fourth-order valence-electron chi connectivity index (χ4n) is 6.10. The molecule has 5 aliphatic rings. The molecule has 1 aromatic rings. The first kappa shape index (κ1) is 32.6. The molecule has 2 aliphatic heterocycles. The highest BCUT2D eigenvalue weighted by Gasteiger charge is 2.32. The minimum Gasteiger partial charge on any atom is -0.493 e. The van der Waals surface area contributed by atoms with Gasteiger partial charge in [0.05, 0.1) is 6.04 Å². The third kappa shape index (κ3) is 7.95. The molecule has 0 saturated carbocycles. The lowest BCUT2D eigenvalue weighted by Gasteiger charge is -2.33. The van der Waals surface area contributed by atoms with Gasteiger partial charge in [-0.1, -0.05) is 67.9 Å². The molecule has 250 valence electrons. The SMILES string of the molecule is CCCCC1C=C(NC(=O)NC2=CC=C(OCc3ccnc(NC4C=NC(C(=O)O)=CN4)c3)C3C=CC=CC23)N(C2C=CC(C)=CC2)N1. The van der Waals surface area contributed by atoms with Crippen molar-refractivity contribution in [2.45, 2.75) is 64.4 Å². The largest absolute Gasteiger partial charge is 0.493 e. The molecule has 0 bridgehead atoms. The van der Waals surface area contributed by atoms with Gasteiger partial charge in [-0.3, -0.25) is 10.3 Å². The highest BCUT2D eigenvalue weighted by molar-refractivity contribution is 5.89. The van der Waals surface area contributed by atoms with E-state index in [1.807, 2.05) is 36.4 Å². The standard InChI is InChI=1S/C36H42N8O4/c1-3-4-7-25-19-34(44(43-25)26-12-10-23(2)11-13-26)42-36(47)40-29-14-15-31(28-9-6-5-8-27(28)29)48-22-24-16-17-37-32(18-24)41-33-21-38-30(20-39-33)35(45)46/h5-6,8-12,14-21,25-28,33,39,43H,3-4,7,13,22H2,1-2H3,(H,37,41)(H,45,46)(H2,40,42,47). The number of carbonyl (C=O) groups excluding carboxylic acids is 1. The van der Waals surface area contributed by atoms with E-state index in [4.69, 9.17) is 9.84 Å². The Morgan fingerprint density at radius 1 is 1.15 bits per heavy atom. The van der Waals surface area contributed by atoms with E-state index in [1.54, 1.807) is 6.20 Å². The van der Waals surface area contributed by atoms with Crippen molar-refractivity contribution in [1.82, 2.24) is 31.4 Å². The van der Waals surface area contributed by atoms with Crippen molar-refractivity contribution in [3.63, 3.8) is 0 Å². The second kappa shape index (κ2) is 15.0. The minimum atomic E-state index is -1.10. The van der Waals surface area contributed by atoms with E-state index < -0.39 is 12.1 Å². The van der Waals surface area contributed by atoms with Crippen LogP contribution in [0.3, 0.4) is 0 Å². The Kier molecular flexibility index (Phi) is 10.2. The smallest absolute Gasteiger partial charge is 0.355 e. The first-order valence-electron chi connectivity index (χ1n) is 16.4. The molecule has 5 atom stereocenters. The van der Waals surface area contributed by atoms with E-state index in [9.17, 15) is 9.59 Å². The number of urea groups is 1. The second-order valence-corrected chi connectivity index (χ2v) is 12.2. The molecular weight excluding hydrogens is 608 g/mol. The molecule has 2 amide bonds. The second-order valence-electron chi connectivity index (χ2n) is 12.2. The number of aliphatic imine (C=N–C) groups is 1. The number of anilines is 1. The Morgan fingerprint density at radius 3 is 2.75 bits per heavy atom. The van der Waals surface area contributed by atoms with E-state index >= 15 is 0 Å². The van der Waals surface area contributed by atoms with Gasteiger partial charge in [-0.05, 0) is 55.7 Å². The molecule has 12 heteroatoms. The molecule has 5 unspecified atom stereocenters. The van der Waals surface area contributed by atoms with Gasteiger partial charge in [-0.25, -0.2) is 25.0 Å². The summed E-state index contributed by atoms with van der Waals surface area (Å²) in [4.78, 5) is 32.8. The number of carboxylic acid groups (broad SMARTS) is 1. The van der Waals surface area contributed by atoms with E-state index in [1.165, 1.54) is 18.0 Å². The van der Waals surface area contributed by atoms with E-state index in [2.05, 4.69) is 92.0 Å². The van der Waals surface area contributed by atoms with Crippen LogP contribution in [0, 0.1) is 11.8 Å². The predicted octanol–water partition coefficient (Wildman–Crippen LogP) is 4.87. The number of fused-ring (bicyclic) bond motifs is 1. The van der Waals surface area contributed by atoms with E-state index in [0.717, 1.165) is 48.5 Å². The van der Waals surface area contributed by atoms with Crippen molar-refractivity contribution in [3.8, 4) is 0 Å². The van der Waals surface area contributed by atoms with Crippen molar-refractivity contribution in [2.24, 2.45) is 16.8 Å². The summed E-state index contributed by atoms with van der Waals surface area (Å²) in [6.45, 7) is 4.60. The van der Waals surface area contributed by atoms with Crippen molar-refractivity contribution in [2.75, 3.05) is 5.32 Å². The van der Waals surface area contributed by atoms with Crippen LogP contribution in [-0.4, -0.2) is 51.6 Å². The van der Waals surface area contributed by atoms with Crippen molar-refractivity contribution < 1.29 is 19.4 Å². The number of amides is 2. The van der Waals surface area contributed by atoms with Gasteiger partial charge in [0.25, 0.3) is 0 Å². The molecule has 12 nitrogen and oxygen atoms in total. The number of carbonyl (C=O) groups is 2. The van der Waals surface area contributed by atoms with Crippen LogP contribution in [0.25, 0.3) is 0 Å². The predicted molar refractivity (Wildman–Crippen MR) is 185 cm³/mol. The molecular formula is C36H42N8O4. The number of hydrazine groups is 1. The number of aliphatic carboxylic acids is 1. The zero-order valence-corrected chi connectivity index (χ0v) is 27.1. The van der Waals surface area contributed by atoms with Crippen LogP contribution in [0.4, 0.5) is 10.6 Å². The van der Waals surface area contributed by atoms with Crippen LogP contribution in [0.2, 0.25) is 0 Å². The van der Waals surface area contributed by atoms with E-state index in [-0.39, 0.29) is 35.6 Å². The van der Waals surface area contributed by atoms with Gasteiger partial charge in [-0.2, -0.15) is 0 Å². The van der Waals surface area contributed by atoms with Gasteiger partial charge in [0.2, 0.25) is 0 Å². The number of carboxylic acids is 1. The van der Waals surface area contributed by atoms with E-state index in [0.29, 0.717) is 12.4 Å². The zero-order chi connectivity index (χ0) is 33.5. The van der Waals surface area contributed by atoms with Crippen molar-refractivity contribution in [1.29, 1.82) is 0 Å². The molecule has 3 aliphatic carbocycles. The molecule has 3 heterocycles. The molecule has 0 spiro atoms. The number of rotatable bonds is 12. The number of aromatic nitrogens is 1. The Hall–Kier alpha value is -5.36. The molecule has 0 aromatic carbocycles. The maximum absolute atomic E-state index is 13.4. The summed E-state index contributed by atoms with van der Waals surface area (Å²) in [6, 6.07) is 3.75. The number of hydrogen-bond donors (Lipinski definition) is 6. The van der Waals surface area contributed by atoms with Crippen LogP contribution in [0.5, 0.6) is 0 Å². The summed E-state index contributed by atoms with van der Waals surface area (Å²) in [5.41, 5.74) is 6.47. The highest BCUT2D eigenvalue weighted by atomic mass is 16.5. The maximum atomic E-state index is 13.4. The molecule has 6 N–H and O–H groups in total. The first-order valence-corrected chi connectivity index (χ1v) is 16.4. The van der Waals surface area contributed by atoms with Crippen molar-refractivity contribution >= 4 is 24.0 Å². The number of nitrogens with zero attached hydrogens (tertiary/aromatic N) is 3. The molecule has 0 radical (unpaired) electrons. The number of hydrogen-bond acceptors (Lipinski definition) is 9. The quantitative estimate of drug-likeness (QED) is 0.186. The summed E-state index contributed by atoms with van der Waals surface area (Å²) in [6.07, 6.45) is 28.8. The van der Waals surface area contributed by atoms with Crippen LogP contribution < -0.4 is 26.7 Å². The molecule has 1 aromatic heterocycles. The number of ether oxygens (including phenoxy) is 1. The van der Waals surface area contributed by atoms with Crippen LogP contribution in [0.15, 0.2) is 119 Å². The summed E-state index contributed by atoms with van der Waals surface area (Å²) in [5, 5.41) is 23.5. The van der Waals surface area contributed by atoms with Crippen LogP contribution >= 0.6 is 0 Å². The molecule has 6 rings (SSSR count). The summed E-state index contributed by atoms with van der Waals surface area (Å²) in [7, 11) is 0. The molecule has 0 fully saturated rings. The number of unbranched alkanes of at least 4 members (excludes halogenated alkanes) is 1. The fourth-order valence-corrected chi connectivity index (χ4v) is 6.10. The minimum absolute atomic E-state index is 0.0619. The van der Waals surface area contributed by atoms with Gasteiger partial charge < -0.3 is 25.8 Å². The normalized spacial score (nSPS) is 25.5. The van der Waals surface area contributed by atoms with Crippen molar-refractivity contribution in [3.05, 3.63) is 119 Å². The molecule has 48 heavy (non-hydrogen) atoms. The number of pyridine rings is 1. The van der Waals surface area contributed by atoms with Gasteiger partial charge in [0.1, 0.15) is 30.2 Å². The average molecular weight is 651 g/mol. The summed E-state index contributed by atoms with van der Waals surface area (Å²) in [5.74, 6) is 0.897. The van der Waals surface area contributed by atoms with Gasteiger partial charge in [-0.15, -0.1) is 0 Å². The topological polar surface area (TPSA) is 152 Å². The lowest BCUT2D eigenvalue weighted by molar-refractivity contribution is -0.132. The van der Waals surface area contributed by atoms with Crippen LogP contribution in [-0.2, 0) is 16.1 Å². The first-order chi connectivity index (χ1) is 23.4. The summed E-state index contributed by atoms with van der Waals surface area (Å²) >= 11 is 0. The maximum Gasteiger partial charge on any atom is 0.355 e. The monoisotopic (exact) mass is 650 g/mol. The third-order valence-corrected chi connectivity index (χ3v) is 8.65. The Bertz CT molecular complexity index is 1680. The highest BCUT2D eigenvalue weighted by Crippen LogP contribution is 2.36. The van der Waals surface area contributed by atoms with Crippen LogP contribution in [0.1, 0.15) is 45.1 Å². The van der Waals surface area contributed by atoms with Gasteiger partial charge >= 0.3 is 12.0 Å². The lowest BCUT2D eigenvalue weighted by atomic mass is 9.81. The number of nitrogens with one attached hydrogen (secondary N) is 5. The van der Waals surface area contributed by atoms with Gasteiger partial charge in [0, 0.05) is 42.2 Å². The Morgan fingerprint density at radius 2 is 2.00 bits per heavy atom. The zero-order valence-electron chi connectivity index (χ0n) is 27.1.